The van der Waals surface area contributed by atoms with E-state index in [9.17, 15) is 23.1 Å². The Hall–Kier alpha value is -5.34. The number of aromatic nitrogens is 1. The highest BCUT2D eigenvalue weighted by atomic mass is 35.5. The van der Waals surface area contributed by atoms with Crippen molar-refractivity contribution in [2.24, 2.45) is 0 Å². The predicted molar refractivity (Wildman–Crippen MR) is 223 cm³/mol. The smallest absolute Gasteiger partial charge is 0.326 e. The zero-order chi connectivity index (χ0) is 41.8. The van der Waals surface area contributed by atoms with E-state index in [1.54, 1.807) is 67.7 Å². The summed E-state index contributed by atoms with van der Waals surface area (Å²) in [5.74, 6) is 0.653. The zero-order valence-corrected chi connectivity index (χ0v) is 34.9. The molecule has 2 N–H and O–H groups in total. The van der Waals surface area contributed by atoms with Crippen LogP contribution in [0.15, 0.2) is 91.1 Å². The first-order valence-electron chi connectivity index (χ1n) is 19.1. The fourth-order valence-corrected chi connectivity index (χ4v) is 8.97. The number of rotatable bonds is 14. The molecule has 1 aromatic heterocycles. The van der Waals surface area contributed by atoms with Gasteiger partial charge in [0.1, 0.15) is 42.5 Å². The molecule has 0 fully saturated rings. The molecule has 0 spiro atoms. The molecule has 7 rings (SSSR count). The number of carboxylic acid groups (broad SMARTS) is 1. The molecule has 0 saturated carbocycles. The van der Waals surface area contributed by atoms with E-state index in [1.807, 2.05) is 44.2 Å². The van der Waals surface area contributed by atoms with Gasteiger partial charge in [-0.3, -0.25) is 9.78 Å². The van der Waals surface area contributed by atoms with Crippen LogP contribution in [0.25, 0.3) is 0 Å². The van der Waals surface area contributed by atoms with Gasteiger partial charge in [0.05, 0.1) is 15.8 Å². The first-order valence-corrected chi connectivity index (χ1v) is 21.5. The third-order valence-corrected chi connectivity index (χ3v) is 13.1. The van der Waals surface area contributed by atoms with Crippen molar-refractivity contribution in [3.05, 3.63) is 140 Å². The van der Waals surface area contributed by atoms with Gasteiger partial charge in [0, 0.05) is 30.4 Å². The molecule has 308 valence electrons. The maximum Gasteiger partial charge on any atom is 0.326 e. The van der Waals surface area contributed by atoms with Crippen LogP contribution >= 0.6 is 23.2 Å². The first-order chi connectivity index (χ1) is 28.3. The van der Waals surface area contributed by atoms with Gasteiger partial charge < -0.3 is 29.4 Å². The maximum atomic E-state index is 14.0. The van der Waals surface area contributed by atoms with Gasteiger partial charge in [-0.1, -0.05) is 60.5 Å². The second kappa shape index (κ2) is 17.9. The molecular weight excluding hydrogens is 817 g/mol. The van der Waals surface area contributed by atoms with Gasteiger partial charge in [-0.2, -0.15) is 4.31 Å². The van der Waals surface area contributed by atoms with Gasteiger partial charge in [-0.25, -0.2) is 13.2 Å². The Morgan fingerprint density at radius 2 is 1.64 bits per heavy atom. The Kier molecular flexibility index (Phi) is 12.7. The number of carboxylic acids is 1. The zero-order valence-electron chi connectivity index (χ0n) is 32.6. The molecule has 59 heavy (non-hydrogen) atoms. The van der Waals surface area contributed by atoms with Crippen molar-refractivity contribution in [2.45, 2.75) is 71.4 Å². The second-order valence-electron chi connectivity index (χ2n) is 14.5. The van der Waals surface area contributed by atoms with Gasteiger partial charge in [-0.15, -0.1) is 0 Å². The Balaban J connectivity index is 1.03. The van der Waals surface area contributed by atoms with Gasteiger partial charge in [0.2, 0.25) is 15.9 Å². The largest absolute Gasteiger partial charge is 0.489 e. The van der Waals surface area contributed by atoms with Crippen molar-refractivity contribution in [1.82, 2.24) is 14.6 Å². The number of sulfonamides is 1. The molecular formula is C44H43Cl2N3O9S. The molecule has 15 heteroatoms. The normalized spacial score (nSPS) is 16.8. The number of benzene rings is 4. The number of nitrogens with one attached hydrogen (secondary N) is 1. The monoisotopic (exact) mass is 859 g/mol. The quantitative estimate of drug-likeness (QED) is 0.112. The van der Waals surface area contributed by atoms with Crippen molar-refractivity contribution >= 4 is 45.1 Å². The summed E-state index contributed by atoms with van der Waals surface area (Å²) < 4.78 is 53.0. The van der Waals surface area contributed by atoms with Crippen LogP contribution in [0.2, 0.25) is 10.0 Å². The highest BCUT2D eigenvalue weighted by Crippen LogP contribution is 2.41. The molecule has 0 saturated heterocycles. The van der Waals surface area contributed by atoms with E-state index in [0.717, 1.165) is 22.4 Å². The van der Waals surface area contributed by atoms with Crippen LogP contribution in [0.5, 0.6) is 28.7 Å². The number of carbonyl (C=O) groups excluding carboxylic acids is 1. The Morgan fingerprint density at radius 1 is 0.932 bits per heavy atom. The third-order valence-electron chi connectivity index (χ3n) is 10.4. The summed E-state index contributed by atoms with van der Waals surface area (Å²) in [5, 5.41) is 13.7. The number of hydrogen-bond donors (Lipinski definition) is 2. The van der Waals surface area contributed by atoms with Crippen LogP contribution in [0.3, 0.4) is 0 Å². The minimum absolute atomic E-state index is 0.0140. The summed E-state index contributed by atoms with van der Waals surface area (Å²) in [6, 6.07) is 22.5. The Labute approximate surface area is 353 Å². The average Bonchev–Trinajstić information content (AvgIpc) is 3.22. The fourth-order valence-electron chi connectivity index (χ4n) is 7.01. The number of halogens is 2. The van der Waals surface area contributed by atoms with Gasteiger partial charge in [0.15, 0.2) is 17.6 Å². The average molecular weight is 861 g/mol. The van der Waals surface area contributed by atoms with Gasteiger partial charge >= 0.3 is 5.97 Å². The van der Waals surface area contributed by atoms with Crippen molar-refractivity contribution in [3.8, 4) is 28.7 Å². The van der Waals surface area contributed by atoms with E-state index in [1.165, 1.54) is 4.31 Å². The fraction of sp³-hybridized carbons (Fsp3) is 0.295. The van der Waals surface area contributed by atoms with E-state index in [2.05, 4.69) is 10.3 Å². The molecule has 12 nitrogen and oxygen atoms in total. The van der Waals surface area contributed by atoms with Crippen molar-refractivity contribution < 1.29 is 42.1 Å². The standard InChI is InChI=1S/C44H43Cl2N3O9S/c1-4-17-59(53,54)49-23-32-22-41-40(56-25-42(58-41)30-8-12-33(13-9-30)55-24-29-7-14-35(45)36(46)18-29)21-31(32)20-38(49)43(50)48-37(44(51)52)19-28-5-10-34(11-6-28)57-39-15-16-47-27(3)26(39)2/h5-16,18,21-22,37-38,42H,4,17,19-20,23-25H2,1-3H3,(H,48,50)(H,51,52)/t37-,38-,42+/m0/s1. The molecule has 1 amide bonds. The van der Waals surface area contributed by atoms with Gasteiger partial charge in [-0.05, 0) is 109 Å². The minimum Gasteiger partial charge on any atom is -0.489 e. The number of pyridine rings is 1. The molecule has 0 unspecified atom stereocenters. The summed E-state index contributed by atoms with van der Waals surface area (Å²) in [7, 11) is -3.92. The summed E-state index contributed by atoms with van der Waals surface area (Å²) in [5.41, 5.74) is 5.50. The highest BCUT2D eigenvalue weighted by Gasteiger charge is 2.40. The summed E-state index contributed by atoms with van der Waals surface area (Å²) in [4.78, 5) is 30.7. The lowest BCUT2D eigenvalue weighted by Crippen LogP contribution is -2.56. The number of aryl methyl sites for hydroxylation is 1. The van der Waals surface area contributed by atoms with E-state index >= 15 is 0 Å². The van der Waals surface area contributed by atoms with Crippen LogP contribution in [-0.4, -0.2) is 59.1 Å². The SMILES string of the molecule is CCCS(=O)(=O)N1Cc2cc3c(cc2C[C@H]1C(=O)N[C@@H](Cc1ccc(Oc2ccnc(C)c2C)cc1)C(=O)O)OC[C@H](c1ccc(OCc2ccc(Cl)c(Cl)c2)cc1)O3. The molecule has 3 atom stereocenters. The summed E-state index contributed by atoms with van der Waals surface area (Å²) >= 11 is 12.1. The maximum absolute atomic E-state index is 14.0. The van der Waals surface area contributed by atoms with Crippen molar-refractivity contribution in [1.29, 1.82) is 0 Å². The van der Waals surface area contributed by atoms with Crippen LogP contribution in [0.1, 0.15) is 58.5 Å². The van der Waals surface area contributed by atoms with Crippen LogP contribution in [-0.2, 0) is 45.6 Å². The number of nitrogens with zero attached hydrogens (tertiary/aromatic N) is 2. The molecule has 0 bridgehead atoms. The molecule has 2 aliphatic rings. The van der Waals surface area contributed by atoms with E-state index in [-0.39, 0.29) is 31.7 Å². The van der Waals surface area contributed by atoms with Crippen LogP contribution in [0.4, 0.5) is 0 Å². The highest BCUT2D eigenvalue weighted by molar-refractivity contribution is 7.89. The second-order valence-corrected chi connectivity index (χ2v) is 17.4. The lowest BCUT2D eigenvalue weighted by molar-refractivity contribution is -0.142. The molecule has 3 heterocycles. The lowest BCUT2D eigenvalue weighted by Gasteiger charge is -2.36. The predicted octanol–water partition coefficient (Wildman–Crippen LogP) is 8.17. The summed E-state index contributed by atoms with van der Waals surface area (Å²) in [6.45, 7) is 5.98. The van der Waals surface area contributed by atoms with Crippen molar-refractivity contribution in [2.75, 3.05) is 12.4 Å². The number of carbonyl (C=O) groups is 2. The number of amides is 1. The van der Waals surface area contributed by atoms with E-state index in [4.69, 9.17) is 42.1 Å². The first kappa shape index (κ1) is 41.8. The number of fused-ring (bicyclic) bond motifs is 2. The molecule has 0 aliphatic carbocycles. The van der Waals surface area contributed by atoms with E-state index in [0.29, 0.717) is 68.5 Å². The number of aliphatic carboxylic acids is 1. The van der Waals surface area contributed by atoms with Gasteiger partial charge in [0.25, 0.3) is 0 Å². The third kappa shape index (κ3) is 9.76. The Bertz CT molecular complexity index is 2470. The topological polar surface area (TPSA) is 154 Å². The molecule has 2 aliphatic heterocycles. The molecule has 5 aromatic rings. The molecule has 0 radical (unpaired) electrons. The van der Waals surface area contributed by atoms with Crippen LogP contribution in [0, 0.1) is 13.8 Å². The van der Waals surface area contributed by atoms with Crippen LogP contribution < -0.4 is 24.3 Å². The van der Waals surface area contributed by atoms with E-state index < -0.39 is 40.1 Å². The number of hydrogen-bond acceptors (Lipinski definition) is 9. The number of ether oxygens (including phenoxy) is 4. The molecule has 4 aromatic carbocycles. The summed E-state index contributed by atoms with van der Waals surface area (Å²) in [6.07, 6.45) is 1.53. The van der Waals surface area contributed by atoms with Crippen molar-refractivity contribution in [3.63, 3.8) is 0 Å². The Morgan fingerprint density at radius 3 is 2.36 bits per heavy atom. The minimum atomic E-state index is -3.92. The lowest BCUT2D eigenvalue weighted by atomic mass is 9.94.